The summed E-state index contributed by atoms with van der Waals surface area (Å²) in [4.78, 5) is 18.5. The SMILES string of the molecule is O=C(CCn1c(C(F)(F)F)cc2cccnc21)N1CCC2(O)CCCCC2C1. The molecule has 1 aliphatic carbocycles. The van der Waals surface area contributed by atoms with Crippen LogP contribution in [0.15, 0.2) is 24.4 Å². The van der Waals surface area contributed by atoms with Crippen LogP contribution in [0.4, 0.5) is 13.2 Å². The molecule has 0 spiro atoms. The van der Waals surface area contributed by atoms with Gasteiger partial charge in [0.05, 0.1) is 5.60 Å². The number of aliphatic hydroxyl groups is 1. The topological polar surface area (TPSA) is 58.4 Å². The molecular weight excluding hydrogens is 371 g/mol. The van der Waals surface area contributed by atoms with Gasteiger partial charge in [0, 0.05) is 43.6 Å². The molecular formula is C20H24F3N3O2. The Morgan fingerprint density at radius 2 is 2.14 bits per heavy atom. The summed E-state index contributed by atoms with van der Waals surface area (Å²) in [5.74, 6) is -0.0997. The number of carbonyl (C=O) groups excluding carboxylic acids is 1. The van der Waals surface area contributed by atoms with Crippen molar-refractivity contribution in [2.75, 3.05) is 13.1 Å². The molecule has 0 aromatic carbocycles. The number of hydrogen-bond acceptors (Lipinski definition) is 3. The van der Waals surface area contributed by atoms with Crippen LogP contribution in [0, 0.1) is 5.92 Å². The lowest BCUT2D eigenvalue weighted by Gasteiger charge is -2.47. The monoisotopic (exact) mass is 395 g/mol. The van der Waals surface area contributed by atoms with Crippen molar-refractivity contribution < 1.29 is 23.1 Å². The first-order valence-corrected chi connectivity index (χ1v) is 9.79. The summed E-state index contributed by atoms with van der Waals surface area (Å²) in [5, 5.41) is 11.1. The van der Waals surface area contributed by atoms with E-state index in [0.29, 0.717) is 24.9 Å². The second-order valence-corrected chi connectivity index (χ2v) is 7.98. The summed E-state index contributed by atoms with van der Waals surface area (Å²) >= 11 is 0. The van der Waals surface area contributed by atoms with Gasteiger partial charge in [-0.2, -0.15) is 13.2 Å². The zero-order valence-electron chi connectivity index (χ0n) is 15.6. The van der Waals surface area contributed by atoms with Gasteiger partial charge < -0.3 is 14.6 Å². The quantitative estimate of drug-likeness (QED) is 0.864. The predicted molar refractivity (Wildman–Crippen MR) is 97.5 cm³/mol. The van der Waals surface area contributed by atoms with Crippen molar-refractivity contribution in [1.82, 2.24) is 14.5 Å². The predicted octanol–water partition coefficient (Wildman–Crippen LogP) is 3.60. The number of nitrogens with zero attached hydrogens (tertiary/aromatic N) is 3. The van der Waals surface area contributed by atoms with E-state index in [2.05, 4.69) is 4.98 Å². The molecule has 1 amide bonds. The van der Waals surface area contributed by atoms with E-state index in [1.165, 1.54) is 6.20 Å². The van der Waals surface area contributed by atoms with Gasteiger partial charge in [0.2, 0.25) is 5.91 Å². The maximum absolute atomic E-state index is 13.4. The van der Waals surface area contributed by atoms with E-state index < -0.39 is 17.5 Å². The maximum atomic E-state index is 13.4. The van der Waals surface area contributed by atoms with Gasteiger partial charge in [0.15, 0.2) is 0 Å². The molecule has 1 saturated heterocycles. The van der Waals surface area contributed by atoms with E-state index in [4.69, 9.17) is 0 Å². The van der Waals surface area contributed by atoms with Crippen LogP contribution in [0.2, 0.25) is 0 Å². The van der Waals surface area contributed by atoms with Gasteiger partial charge in [0.25, 0.3) is 0 Å². The smallest absolute Gasteiger partial charge is 0.389 e. The minimum Gasteiger partial charge on any atom is -0.389 e. The molecule has 2 aromatic heterocycles. The Bertz CT molecular complexity index is 879. The number of pyridine rings is 1. The van der Waals surface area contributed by atoms with Gasteiger partial charge in [0.1, 0.15) is 11.3 Å². The van der Waals surface area contributed by atoms with Crippen LogP contribution >= 0.6 is 0 Å². The number of fused-ring (bicyclic) bond motifs is 2. The Hall–Kier alpha value is -2.09. The summed E-state index contributed by atoms with van der Waals surface area (Å²) in [7, 11) is 0. The minimum atomic E-state index is -4.51. The van der Waals surface area contributed by atoms with Crippen molar-refractivity contribution in [1.29, 1.82) is 0 Å². The van der Waals surface area contributed by atoms with Gasteiger partial charge in [-0.25, -0.2) is 4.98 Å². The van der Waals surface area contributed by atoms with Gasteiger partial charge in [-0.1, -0.05) is 12.8 Å². The lowest BCUT2D eigenvalue weighted by Crippen LogP contribution is -2.54. The molecule has 2 unspecified atom stereocenters. The maximum Gasteiger partial charge on any atom is 0.431 e. The number of hydrogen-bond donors (Lipinski definition) is 1. The largest absolute Gasteiger partial charge is 0.431 e. The first kappa shape index (κ1) is 19.2. The Morgan fingerprint density at radius 3 is 2.93 bits per heavy atom. The van der Waals surface area contributed by atoms with Crippen molar-refractivity contribution in [2.45, 2.75) is 56.8 Å². The summed E-state index contributed by atoms with van der Waals surface area (Å²) in [6.07, 6.45) is 1.20. The fraction of sp³-hybridized carbons (Fsp3) is 0.600. The van der Waals surface area contributed by atoms with E-state index in [-0.39, 0.29) is 30.4 Å². The number of likely N-dealkylation sites (tertiary alicyclic amines) is 1. The normalized spacial score (nSPS) is 25.7. The van der Waals surface area contributed by atoms with Crippen LogP contribution in [-0.2, 0) is 17.5 Å². The first-order chi connectivity index (χ1) is 13.3. The van der Waals surface area contributed by atoms with Crippen LogP contribution in [0.5, 0.6) is 0 Å². The number of rotatable bonds is 3. The van der Waals surface area contributed by atoms with Crippen molar-refractivity contribution in [2.24, 2.45) is 5.92 Å². The minimum absolute atomic E-state index is 0.0193. The number of piperidine rings is 1. The summed E-state index contributed by atoms with van der Waals surface area (Å²) in [6, 6.07) is 4.26. The van der Waals surface area contributed by atoms with Crippen LogP contribution in [0.3, 0.4) is 0 Å². The third kappa shape index (κ3) is 3.50. The number of amides is 1. The molecule has 4 rings (SSSR count). The van der Waals surface area contributed by atoms with Gasteiger partial charge in [-0.3, -0.25) is 4.79 Å². The van der Waals surface area contributed by atoms with Crippen molar-refractivity contribution in [3.8, 4) is 0 Å². The molecule has 3 heterocycles. The highest BCUT2D eigenvalue weighted by Gasteiger charge is 2.43. The number of alkyl halides is 3. The standard InChI is InChI=1S/C20H24F3N3O2/c21-20(22,23)16-12-14-4-3-9-24-18(14)26(16)10-6-17(27)25-11-8-19(28)7-2-1-5-15(19)13-25/h3-4,9,12,15,28H,1-2,5-8,10-11,13H2. The molecule has 2 atom stereocenters. The van der Waals surface area contributed by atoms with Crippen LogP contribution < -0.4 is 0 Å². The van der Waals surface area contributed by atoms with Crippen LogP contribution in [0.25, 0.3) is 11.0 Å². The van der Waals surface area contributed by atoms with E-state index in [1.54, 1.807) is 17.0 Å². The second kappa shape index (κ2) is 7.06. The lowest BCUT2D eigenvalue weighted by atomic mass is 9.71. The lowest BCUT2D eigenvalue weighted by molar-refractivity contribution is -0.146. The average Bonchev–Trinajstić information content (AvgIpc) is 3.04. The third-order valence-corrected chi connectivity index (χ3v) is 6.28. The van der Waals surface area contributed by atoms with E-state index in [1.807, 2.05) is 0 Å². The Kier molecular flexibility index (Phi) is 4.85. The van der Waals surface area contributed by atoms with Crippen LogP contribution in [0.1, 0.15) is 44.2 Å². The molecule has 5 nitrogen and oxygen atoms in total. The Morgan fingerprint density at radius 1 is 1.32 bits per heavy atom. The molecule has 2 aromatic rings. The van der Waals surface area contributed by atoms with Crippen LogP contribution in [-0.4, -0.2) is 44.2 Å². The Balaban J connectivity index is 1.48. The Labute approximate surface area is 161 Å². The van der Waals surface area contributed by atoms with Crippen molar-refractivity contribution in [3.05, 3.63) is 30.1 Å². The fourth-order valence-corrected chi connectivity index (χ4v) is 4.71. The van der Waals surface area contributed by atoms with Crippen molar-refractivity contribution in [3.63, 3.8) is 0 Å². The van der Waals surface area contributed by atoms with E-state index >= 15 is 0 Å². The average molecular weight is 395 g/mol. The first-order valence-electron chi connectivity index (χ1n) is 9.79. The van der Waals surface area contributed by atoms with E-state index in [9.17, 15) is 23.1 Å². The number of carbonyl (C=O) groups is 1. The molecule has 28 heavy (non-hydrogen) atoms. The number of aryl methyl sites for hydroxylation is 1. The molecule has 1 saturated carbocycles. The third-order valence-electron chi connectivity index (χ3n) is 6.28. The number of halogens is 3. The highest BCUT2D eigenvalue weighted by molar-refractivity contribution is 5.79. The molecule has 2 aliphatic rings. The number of aromatic nitrogens is 2. The highest BCUT2D eigenvalue weighted by atomic mass is 19.4. The molecule has 2 fully saturated rings. The molecule has 1 N–H and O–H groups in total. The van der Waals surface area contributed by atoms with E-state index in [0.717, 1.165) is 36.3 Å². The molecule has 8 heteroatoms. The van der Waals surface area contributed by atoms with Gasteiger partial charge >= 0.3 is 6.18 Å². The summed E-state index contributed by atoms with van der Waals surface area (Å²) in [6.45, 7) is 0.883. The molecule has 1 aliphatic heterocycles. The summed E-state index contributed by atoms with van der Waals surface area (Å²) in [5.41, 5.74) is -1.23. The van der Waals surface area contributed by atoms with Gasteiger partial charge in [-0.15, -0.1) is 0 Å². The molecule has 0 bridgehead atoms. The fourth-order valence-electron chi connectivity index (χ4n) is 4.71. The van der Waals surface area contributed by atoms with Crippen molar-refractivity contribution >= 4 is 16.9 Å². The van der Waals surface area contributed by atoms with Gasteiger partial charge in [-0.05, 0) is 37.5 Å². The highest BCUT2D eigenvalue weighted by Crippen LogP contribution is 2.40. The summed E-state index contributed by atoms with van der Waals surface area (Å²) < 4.78 is 41.4. The molecule has 0 radical (unpaired) electrons. The zero-order chi connectivity index (χ0) is 19.9. The molecule has 152 valence electrons. The zero-order valence-corrected chi connectivity index (χ0v) is 15.6. The second-order valence-electron chi connectivity index (χ2n) is 7.98.